The number of aromatic nitrogens is 1. The molecule has 2 unspecified atom stereocenters. The average molecular weight is 771 g/mol. The molecule has 0 saturated heterocycles. The van der Waals surface area contributed by atoms with Crippen molar-refractivity contribution in [2.24, 2.45) is 11.8 Å². The number of hydrogen-bond acceptors (Lipinski definition) is 4. The van der Waals surface area contributed by atoms with Gasteiger partial charge in [0.2, 0.25) is 0 Å². The van der Waals surface area contributed by atoms with Crippen molar-refractivity contribution in [3.63, 3.8) is 0 Å². The number of pyridine rings is 1. The molecule has 44 heavy (non-hydrogen) atoms. The third kappa shape index (κ3) is 7.83. The molecule has 1 saturated carbocycles. The van der Waals surface area contributed by atoms with Gasteiger partial charge in [-0.25, -0.2) is 4.39 Å². The first-order valence-electron chi connectivity index (χ1n) is 15.4. The molecule has 1 aliphatic rings. The van der Waals surface area contributed by atoms with Crippen LogP contribution >= 0.6 is 0 Å². The van der Waals surface area contributed by atoms with Gasteiger partial charge < -0.3 is 14.5 Å². The SMILES string of the molecule is CC(C)CC(=O)/C=C(\O)CC(C)C.Cc1[c-]c(-c2nccc3cc(C4CCC(F)C4)ccc23)c2oc3ccccc3c2c1.[Ir]. The third-order valence-electron chi connectivity index (χ3n) is 7.96. The summed E-state index contributed by atoms with van der Waals surface area (Å²) in [7, 11) is 0. The van der Waals surface area contributed by atoms with Gasteiger partial charge in [0.05, 0.1) is 11.3 Å². The van der Waals surface area contributed by atoms with Crippen LogP contribution in [0.1, 0.15) is 76.8 Å². The number of benzene rings is 3. The molecular formula is C38H41FIrNO3-. The number of carbonyl (C=O) groups is 1. The molecule has 0 spiro atoms. The monoisotopic (exact) mass is 771 g/mol. The first kappa shape index (κ1) is 33.6. The summed E-state index contributed by atoms with van der Waals surface area (Å²) in [4.78, 5) is 15.9. The van der Waals surface area contributed by atoms with Gasteiger partial charge in [-0.3, -0.25) is 4.79 Å². The number of carbonyl (C=O) groups excluding carboxylic acids is 1. The summed E-state index contributed by atoms with van der Waals surface area (Å²) < 4.78 is 20.0. The Balaban J connectivity index is 0.000000271. The maximum Gasteiger partial charge on any atom is 0.159 e. The molecule has 2 atom stereocenters. The topological polar surface area (TPSA) is 63.3 Å². The van der Waals surface area contributed by atoms with Gasteiger partial charge in [-0.05, 0) is 71.2 Å². The summed E-state index contributed by atoms with van der Waals surface area (Å²) in [6.07, 6.45) is 5.88. The quantitative estimate of drug-likeness (QED) is 0.102. The fourth-order valence-electron chi connectivity index (χ4n) is 6.07. The van der Waals surface area contributed by atoms with Crippen molar-refractivity contribution in [1.29, 1.82) is 0 Å². The molecule has 1 aliphatic carbocycles. The number of aryl methyl sites for hydroxylation is 1. The summed E-state index contributed by atoms with van der Waals surface area (Å²) >= 11 is 0. The van der Waals surface area contributed by atoms with E-state index in [-0.39, 0.29) is 31.6 Å². The summed E-state index contributed by atoms with van der Waals surface area (Å²) in [5, 5.41) is 13.7. The Morgan fingerprint density at radius 2 is 1.77 bits per heavy atom. The van der Waals surface area contributed by atoms with Gasteiger partial charge in [0.15, 0.2) is 5.78 Å². The van der Waals surface area contributed by atoms with E-state index in [9.17, 15) is 14.3 Å². The second-order valence-corrected chi connectivity index (χ2v) is 12.7. The summed E-state index contributed by atoms with van der Waals surface area (Å²) in [6, 6.07) is 22.2. The zero-order valence-corrected chi connectivity index (χ0v) is 28.5. The van der Waals surface area contributed by atoms with Gasteiger partial charge >= 0.3 is 0 Å². The van der Waals surface area contributed by atoms with Crippen LogP contribution in [-0.2, 0) is 24.9 Å². The van der Waals surface area contributed by atoms with Crippen LogP contribution in [-0.4, -0.2) is 22.0 Å². The molecule has 0 bridgehead atoms. The van der Waals surface area contributed by atoms with Crippen LogP contribution in [0, 0.1) is 24.8 Å². The number of halogens is 1. The molecule has 4 nitrogen and oxygen atoms in total. The van der Waals surface area contributed by atoms with E-state index in [2.05, 4.69) is 43.3 Å². The second-order valence-electron chi connectivity index (χ2n) is 12.7. The fourth-order valence-corrected chi connectivity index (χ4v) is 6.07. The molecule has 2 aromatic heterocycles. The number of allylic oxidation sites excluding steroid dienone is 2. The van der Waals surface area contributed by atoms with Crippen molar-refractivity contribution < 1.29 is 38.8 Å². The van der Waals surface area contributed by atoms with E-state index < -0.39 is 6.17 Å². The minimum atomic E-state index is -0.665. The van der Waals surface area contributed by atoms with Crippen molar-refractivity contribution >= 4 is 38.5 Å². The number of alkyl halides is 1. The molecule has 0 aliphatic heterocycles. The first-order valence-corrected chi connectivity index (χ1v) is 15.4. The molecule has 233 valence electrons. The number of para-hydroxylation sites is 1. The Labute approximate surface area is 273 Å². The number of furan rings is 1. The Morgan fingerprint density at radius 1 is 1.02 bits per heavy atom. The zero-order chi connectivity index (χ0) is 30.7. The van der Waals surface area contributed by atoms with Crippen LogP contribution in [0.15, 0.2) is 77.0 Å². The fraction of sp³-hybridized carbons (Fsp3) is 0.368. The molecule has 6 heteroatoms. The van der Waals surface area contributed by atoms with Gasteiger partial charge in [-0.15, -0.1) is 17.7 Å². The molecule has 2 heterocycles. The van der Waals surface area contributed by atoms with Crippen molar-refractivity contribution in [2.75, 3.05) is 0 Å². The predicted octanol–water partition coefficient (Wildman–Crippen LogP) is 10.6. The minimum absolute atomic E-state index is 0. The number of nitrogens with zero attached hydrogens (tertiary/aromatic N) is 1. The Hall–Kier alpha value is -3.34. The summed E-state index contributed by atoms with van der Waals surface area (Å²) in [5.74, 6) is 1.29. The van der Waals surface area contributed by atoms with Crippen molar-refractivity contribution in [3.05, 3.63) is 89.8 Å². The molecule has 5 aromatic rings. The summed E-state index contributed by atoms with van der Waals surface area (Å²) in [5.41, 5.74) is 5.74. The van der Waals surface area contributed by atoms with Crippen LogP contribution in [0.2, 0.25) is 0 Å². The Kier molecular flexibility index (Phi) is 11.2. The number of hydrogen-bond donors (Lipinski definition) is 1. The normalized spacial score (nSPS) is 16.9. The van der Waals surface area contributed by atoms with E-state index in [1.807, 2.05) is 58.2 Å². The summed E-state index contributed by atoms with van der Waals surface area (Å²) in [6.45, 7) is 10.1. The molecule has 0 amide bonds. The van der Waals surface area contributed by atoms with Crippen LogP contribution in [0.3, 0.4) is 0 Å². The van der Waals surface area contributed by atoms with E-state index in [0.29, 0.717) is 43.4 Å². The van der Waals surface area contributed by atoms with E-state index in [4.69, 9.17) is 9.40 Å². The second kappa shape index (κ2) is 14.6. The molecule has 3 aromatic carbocycles. The standard InChI is InChI=1S/C27H21FNO.C11H20O2.Ir/c1-16-12-23-22-4-2-3-5-25(22)30-27(23)24(13-16)26-21-9-7-17(14-19(21)10-11-29-26)18-6-8-20(28)15-18;1-8(2)5-10(12)7-11(13)6-9(3)4;/h2-5,7,9-12,14,18,20H,6,8,15H2,1H3;7-9,12H,5-6H2,1-4H3;/q-1;;/b;10-7-;. The minimum Gasteiger partial charge on any atom is -0.512 e. The van der Waals surface area contributed by atoms with E-state index in [1.54, 1.807) is 0 Å². The molecule has 1 N–H and O–H groups in total. The van der Waals surface area contributed by atoms with Gasteiger partial charge in [0.25, 0.3) is 0 Å². The first-order chi connectivity index (χ1) is 20.6. The number of ketones is 1. The molecular weight excluding hydrogens is 730 g/mol. The van der Waals surface area contributed by atoms with Crippen LogP contribution in [0.5, 0.6) is 0 Å². The van der Waals surface area contributed by atoms with Gasteiger partial charge in [-0.1, -0.05) is 82.0 Å². The largest absolute Gasteiger partial charge is 0.512 e. The molecule has 1 radical (unpaired) electrons. The molecule has 1 fully saturated rings. The van der Waals surface area contributed by atoms with Crippen LogP contribution in [0.25, 0.3) is 44.0 Å². The van der Waals surface area contributed by atoms with Gasteiger partial charge in [0.1, 0.15) is 11.8 Å². The maximum atomic E-state index is 13.7. The van der Waals surface area contributed by atoms with Crippen molar-refractivity contribution in [2.45, 2.75) is 78.8 Å². The number of rotatable bonds is 7. The smallest absolute Gasteiger partial charge is 0.159 e. The number of fused-ring (bicyclic) bond motifs is 4. The van der Waals surface area contributed by atoms with E-state index in [0.717, 1.165) is 56.0 Å². The molecule has 6 rings (SSSR count). The zero-order valence-electron chi connectivity index (χ0n) is 26.1. The average Bonchev–Trinajstić information content (AvgIpc) is 3.55. The maximum absolute atomic E-state index is 13.7. The van der Waals surface area contributed by atoms with Gasteiger partial charge in [0, 0.05) is 50.6 Å². The van der Waals surface area contributed by atoms with Crippen molar-refractivity contribution in [1.82, 2.24) is 4.98 Å². The van der Waals surface area contributed by atoms with Crippen LogP contribution < -0.4 is 0 Å². The van der Waals surface area contributed by atoms with Gasteiger partial charge in [-0.2, -0.15) is 0 Å². The van der Waals surface area contributed by atoms with Crippen LogP contribution in [0.4, 0.5) is 4.39 Å². The third-order valence-corrected chi connectivity index (χ3v) is 7.96. The number of aliphatic hydroxyl groups is 1. The van der Waals surface area contributed by atoms with E-state index in [1.165, 1.54) is 11.6 Å². The van der Waals surface area contributed by atoms with E-state index >= 15 is 0 Å². The Morgan fingerprint density at radius 3 is 2.48 bits per heavy atom. The Bertz CT molecular complexity index is 1790. The predicted molar refractivity (Wildman–Crippen MR) is 174 cm³/mol. The van der Waals surface area contributed by atoms with Crippen molar-refractivity contribution in [3.8, 4) is 11.3 Å². The number of aliphatic hydroxyl groups excluding tert-OH is 1.